The fourth-order valence-corrected chi connectivity index (χ4v) is 1.04. The Morgan fingerprint density at radius 3 is 2.46 bits per heavy atom. The van der Waals surface area contributed by atoms with Crippen LogP contribution in [0.5, 0.6) is 5.75 Å². The van der Waals surface area contributed by atoms with E-state index >= 15 is 0 Å². The number of carbonyl (C=O) groups excluding carboxylic acids is 1. The molecule has 0 spiro atoms. The molecule has 0 aliphatic carbocycles. The molecular weight excluding hydrogens is 173 g/mol. The summed E-state index contributed by atoms with van der Waals surface area (Å²) in [6.07, 6.45) is 2.20. The number of hydrogen-bond acceptors (Lipinski definition) is 5. The lowest BCUT2D eigenvalue weighted by Crippen LogP contribution is -2.34. The van der Waals surface area contributed by atoms with E-state index in [1.54, 1.807) is 0 Å². The average molecular weight is 181 g/mol. The molecule has 5 nitrogen and oxygen atoms in total. The van der Waals surface area contributed by atoms with Crippen molar-refractivity contribution in [3.63, 3.8) is 0 Å². The van der Waals surface area contributed by atoms with Crippen LogP contribution in [0.3, 0.4) is 0 Å². The van der Waals surface area contributed by atoms with E-state index < -0.39 is 12.9 Å². The highest BCUT2D eigenvalue weighted by molar-refractivity contribution is 6.60. The van der Waals surface area contributed by atoms with Crippen LogP contribution in [0, 0.1) is 0 Å². The molecule has 1 aromatic rings. The molecule has 0 amide bonds. The van der Waals surface area contributed by atoms with Crippen LogP contribution in [0.15, 0.2) is 12.4 Å². The molecule has 0 atom stereocenters. The van der Waals surface area contributed by atoms with Crippen LogP contribution in [-0.2, 0) is 0 Å². The zero-order valence-corrected chi connectivity index (χ0v) is 6.93. The molecule has 0 aliphatic heterocycles. The first kappa shape index (κ1) is 9.69. The van der Waals surface area contributed by atoms with Gasteiger partial charge in [-0.15, -0.1) is 0 Å². The minimum atomic E-state index is -1.81. The van der Waals surface area contributed by atoms with Gasteiger partial charge >= 0.3 is 7.12 Å². The Labute approximate surface area is 74.8 Å². The second-order valence-electron chi connectivity index (χ2n) is 2.55. The lowest BCUT2D eigenvalue weighted by Gasteiger charge is -2.06. The van der Waals surface area contributed by atoms with Gasteiger partial charge < -0.3 is 15.2 Å². The monoisotopic (exact) mass is 181 g/mol. The summed E-state index contributed by atoms with van der Waals surface area (Å²) in [5.41, 5.74) is -0.197. The van der Waals surface area contributed by atoms with Crippen molar-refractivity contribution in [2.45, 2.75) is 6.92 Å². The van der Waals surface area contributed by atoms with Crippen molar-refractivity contribution in [1.82, 2.24) is 4.98 Å². The molecule has 13 heavy (non-hydrogen) atoms. The second-order valence-corrected chi connectivity index (χ2v) is 2.55. The van der Waals surface area contributed by atoms with Crippen LogP contribution in [0.2, 0.25) is 0 Å². The second kappa shape index (κ2) is 3.55. The van der Waals surface area contributed by atoms with Crippen LogP contribution < -0.4 is 5.46 Å². The van der Waals surface area contributed by atoms with E-state index in [0.29, 0.717) is 0 Å². The molecule has 1 heterocycles. The van der Waals surface area contributed by atoms with Gasteiger partial charge in [-0.25, -0.2) is 0 Å². The molecule has 0 unspecified atom stereocenters. The zero-order valence-electron chi connectivity index (χ0n) is 6.93. The van der Waals surface area contributed by atoms with Crippen LogP contribution in [0.1, 0.15) is 17.3 Å². The largest absolute Gasteiger partial charge is 0.506 e. The number of rotatable bonds is 2. The van der Waals surface area contributed by atoms with E-state index in [2.05, 4.69) is 4.98 Å². The van der Waals surface area contributed by atoms with Crippen LogP contribution >= 0.6 is 0 Å². The highest BCUT2D eigenvalue weighted by Crippen LogP contribution is 2.12. The van der Waals surface area contributed by atoms with E-state index in [1.165, 1.54) is 6.92 Å². The van der Waals surface area contributed by atoms with Gasteiger partial charge in [0.05, 0.1) is 11.8 Å². The fraction of sp³-hybridized carbons (Fsp3) is 0.143. The third-order valence-electron chi connectivity index (χ3n) is 1.59. The summed E-state index contributed by atoms with van der Waals surface area (Å²) < 4.78 is 0. The lowest BCUT2D eigenvalue weighted by atomic mass is 9.77. The van der Waals surface area contributed by atoms with Crippen molar-refractivity contribution in [3.8, 4) is 5.75 Å². The van der Waals surface area contributed by atoms with Gasteiger partial charge in [0.15, 0.2) is 5.78 Å². The summed E-state index contributed by atoms with van der Waals surface area (Å²) in [6, 6.07) is 0. The molecule has 0 aromatic carbocycles. The van der Waals surface area contributed by atoms with Crippen molar-refractivity contribution >= 4 is 18.4 Å². The highest BCUT2D eigenvalue weighted by Gasteiger charge is 2.21. The summed E-state index contributed by atoms with van der Waals surface area (Å²) in [7, 11) is -1.81. The van der Waals surface area contributed by atoms with E-state index in [4.69, 9.17) is 10.0 Å². The molecule has 1 rings (SSSR count). The number of nitrogens with zero attached hydrogens (tertiary/aromatic N) is 1. The third kappa shape index (κ3) is 1.85. The average Bonchev–Trinajstić information content (AvgIpc) is 2.02. The van der Waals surface area contributed by atoms with E-state index in [9.17, 15) is 9.90 Å². The number of aromatic hydroxyl groups is 1. The number of hydrogen-bond donors (Lipinski definition) is 3. The Bertz CT molecular complexity index is 339. The zero-order chi connectivity index (χ0) is 10.0. The topological polar surface area (TPSA) is 90.7 Å². The Morgan fingerprint density at radius 1 is 1.46 bits per heavy atom. The van der Waals surface area contributed by atoms with Gasteiger partial charge in [0.25, 0.3) is 0 Å². The minimum absolute atomic E-state index is 0.0903. The maximum Gasteiger partial charge on any atom is 0.490 e. The number of Topliss-reactive ketones (excluding diaryl/α,β-unsaturated/α-hetero) is 1. The standard InChI is InChI=1S/C7H8BNO4/c1-4(10)7-5(8(12)13)2-9-3-6(7)11/h2-3,11-13H,1H3. The SMILES string of the molecule is CC(=O)c1c(O)cncc1B(O)O. The Balaban J connectivity index is 3.34. The number of carbonyl (C=O) groups is 1. The molecule has 1 aromatic heterocycles. The van der Waals surface area contributed by atoms with Crippen LogP contribution in [-0.4, -0.2) is 33.0 Å². The van der Waals surface area contributed by atoms with Gasteiger partial charge in [-0.1, -0.05) is 0 Å². The van der Waals surface area contributed by atoms with E-state index in [0.717, 1.165) is 12.4 Å². The number of aromatic nitrogens is 1. The van der Waals surface area contributed by atoms with Gasteiger partial charge in [0, 0.05) is 11.7 Å². The van der Waals surface area contributed by atoms with Crippen molar-refractivity contribution in [2.24, 2.45) is 0 Å². The first-order valence-electron chi connectivity index (χ1n) is 3.58. The normalized spacial score (nSPS) is 9.77. The first-order chi connectivity index (χ1) is 6.04. The van der Waals surface area contributed by atoms with Gasteiger partial charge in [-0.3, -0.25) is 9.78 Å². The van der Waals surface area contributed by atoms with Gasteiger partial charge in [0.1, 0.15) is 5.75 Å². The smallest absolute Gasteiger partial charge is 0.490 e. The van der Waals surface area contributed by atoms with Crippen molar-refractivity contribution in [2.75, 3.05) is 0 Å². The lowest BCUT2D eigenvalue weighted by molar-refractivity contribution is 0.101. The highest BCUT2D eigenvalue weighted by atomic mass is 16.4. The summed E-state index contributed by atoms with van der Waals surface area (Å²) in [5, 5.41) is 26.9. The van der Waals surface area contributed by atoms with Gasteiger partial charge in [0.2, 0.25) is 0 Å². The third-order valence-corrected chi connectivity index (χ3v) is 1.59. The van der Waals surface area contributed by atoms with Crippen molar-refractivity contribution in [3.05, 3.63) is 18.0 Å². The van der Waals surface area contributed by atoms with Crippen molar-refractivity contribution < 1.29 is 19.9 Å². The molecule has 3 N–H and O–H groups in total. The molecule has 0 saturated heterocycles. The van der Waals surface area contributed by atoms with Crippen LogP contribution in [0.25, 0.3) is 0 Å². The first-order valence-corrected chi connectivity index (χ1v) is 3.58. The minimum Gasteiger partial charge on any atom is -0.506 e. The molecule has 0 fully saturated rings. The Hall–Kier alpha value is -1.40. The quantitative estimate of drug-likeness (QED) is 0.388. The maximum absolute atomic E-state index is 11.0. The summed E-state index contributed by atoms with van der Waals surface area (Å²) in [4.78, 5) is 14.5. The molecular formula is C7H8BNO4. The Morgan fingerprint density at radius 2 is 2.08 bits per heavy atom. The summed E-state index contributed by atoms with van der Waals surface area (Å²) >= 11 is 0. The predicted octanol–water partition coefficient (Wildman–Crippen LogP) is -1.33. The number of pyridine rings is 1. The predicted molar refractivity (Wildman–Crippen MR) is 45.7 cm³/mol. The molecule has 6 heteroatoms. The van der Waals surface area contributed by atoms with E-state index in [-0.39, 0.29) is 16.8 Å². The molecule has 0 bridgehead atoms. The summed E-state index contributed by atoms with van der Waals surface area (Å²) in [5.74, 6) is -0.791. The summed E-state index contributed by atoms with van der Waals surface area (Å²) in [6.45, 7) is 1.22. The molecule has 0 saturated carbocycles. The van der Waals surface area contributed by atoms with Crippen LogP contribution in [0.4, 0.5) is 0 Å². The van der Waals surface area contributed by atoms with Gasteiger partial charge in [-0.2, -0.15) is 0 Å². The fourth-order valence-electron chi connectivity index (χ4n) is 1.04. The number of ketones is 1. The molecule has 68 valence electrons. The maximum atomic E-state index is 11.0. The van der Waals surface area contributed by atoms with Crippen molar-refractivity contribution in [1.29, 1.82) is 0 Å². The molecule has 0 aliphatic rings. The van der Waals surface area contributed by atoms with Gasteiger partial charge in [-0.05, 0) is 6.92 Å². The molecule has 0 radical (unpaired) electrons. The Kier molecular flexibility index (Phi) is 2.65. The van der Waals surface area contributed by atoms with E-state index in [1.807, 2.05) is 0 Å².